The highest BCUT2D eigenvalue weighted by Crippen LogP contribution is 2.08. The molecular formula is C9H19NOS. The molecule has 72 valence electrons. The average molecular weight is 189 g/mol. The number of carbonyl (C=O) groups excluding carboxylic acids is 1. The smallest absolute Gasteiger partial charge is 0.191 e. The maximum absolute atomic E-state index is 11.1. The first kappa shape index (κ1) is 12.0. The number of thioether (sulfide) groups is 1. The van der Waals surface area contributed by atoms with Gasteiger partial charge in [0.25, 0.3) is 0 Å². The zero-order valence-corrected chi connectivity index (χ0v) is 9.20. The SMILES string of the molecule is CC(C)NCCSC(=O)C(C)C. The quantitative estimate of drug-likeness (QED) is 0.670. The van der Waals surface area contributed by atoms with Gasteiger partial charge in [-0.1, -0.05) is 39.5 Å². The Bertz CT molecular complexity index is 134. The number of hydrogen-bond donors (Lipinski definition) is 1. The molecule has 0 aromatic carbocycles. The summed E-state index contributed by atoms with van der Waals surface area (Å²) < 4.78 is 0. The Kier molecular flexibility index (Phi) is 6.48. The average Bonchev–Trinajstić information content (AvgIpc) is 1.97. The van der Waals surface area contributed by atoms with Gasteiger partial charge in [0, 0.05) is 24.3 Å². The minimum Gasteiger partial charge on any atom is -0.314 e. The Morgan fingerprint density at radius 2 is 1.92 bits per heavy atom. The summed E-state index contributed by atoms with van der Waals surface area (Å²) in [7, 11) is 0. The summed E-state index contributed by atoms with van der Waals surface area (Å²) in [5, 5.41) is 3.56. The molecule has 0 unspecified atom stereocenters. The van der Waals surface area contributed by atoms with Crippen molar-refractivity contribution in [2.45, 2.75) is 33.7 Å². The maximum Gasteiger partial charge on any atom is 0.191 e. The monoisotopic (exact) mass is 189 g/mol. The Morgan fingerprint density at radius 1 is 1.33 bits per heavy atom. The van der Waals surface area contributed by atoms with Gasteiger partial charge in [-0.15, -0.1) is 0 Å². The minimum atomic E-state index is 0.161. The number of rotatable bonds is 5. The Morgan fingerprint density at radius 3 is 2.33 bits per heavy atom. The van der Waals surface area contributed by atoms with Crippen molar-refractivity contribution in [3.05, 3.63) is 0 Å². The third-order valence-corrected chi connectivity index (χ3v) is 2.53. The van der Waals surface area contributed by atoms with Crippen molar-refractivity contribution in [1.82, 2.24) is 5.32 Å². The number of hydrogen-bond acceptors (Lipinski definition) is 3. The first-order chi connectivity index (χ1) is 5.54. The van der Waals surface area contributed by atoms with E-state index in [1.807, 2.05) is 13.8 Å². The van der Waals surface area contributed by atoms with Gasteiger partial charge in [-0.3, -0.25) is 4.79 Å². The molecule has 12 heavy (non-hydrogen) atoms. The Balaban J connectivity index is 3.26. The molecule has 0 aliphatic rings. The highest BCUT2D eigenvalue weighted by molar-refractivity contribution is 8.13. The molecule has 0 spiro atoms. The molecule has 0 aliphatic heterocycles. The van der Waals surface area contributed by atoms with Crippen LogP contribution in [0.2, 0.25) is 0 Å². The van der Waals surface area contributed by atoms with Gasteiger partial charge in [0.2, 0.25) is 0 Å². The first-order valence-electron chi connectivity index (χ1n) is 4.44. The fourth-order valence-electron chi connectivity index (χ4n) is 0.666. The fourth-order valence-corrected chi connectivity index (χ4v) is 1.42. The third kappa shape index (κ3) is 6.68. The maximum atomic E-state index is 11.1. The van der Waals surface area contributed by atoms with Crippen molar-refractivity contribution in [2.24, 2.45) is 5.92 Å². The Hall–Kier alpha value is -0.0200. The molecule has 0 saturated heterocycles. The van der Waals surface area contributed by atoms with Crippen molar-refractivity contribution in [1.29, 1.82) is 0 Å². The van der Waals surface area contributed by atoms with E-state index in [-0.39, 0.29) is 5.92 Å². The van der Waals surface area contributed by atoms with E-state index in [1.165, 1.54) is 11.8 Å². The molecule has 0 aromatic heterocycles. The zero-order valence-electron chi connectivity index (χ0n) is 8.39. The molecule has 0 radical (unpaired) electrons. The van der Waals surface area contributed by atoms with Crippen LogP contribution in [-0.4, -0.2) is 23.5 Å². The lowest BCUT2D eigenvalue weighted by Crippen LogP contribution is -2.25. The summed E-state index contributed by atoms with van der Waals surface area (Å²) in [6.45, 7) is 9.00. The summed E-state index contributed by atoms with van der Waals surface area (Å²) >= 11 is 1.43. The van der Waals surface area contributed by atoms with Crippen LogP contribution in [0.25, 0.3) is 0 Å². The largest absolute Gasteiger partial charge is 0.314 e. The number of nitrogens with one attached hydrogen (secondary N) is 1. The third-order valence-electron chi connectivity index (χ3n) is 1.37. The van der Waals surface area contributed by atoms with Crippen LogP contribution in [0.15, 0.2) is 0 Å². The molecular weight excluding hydrogens is 170 g/mol. The standard InChI is InChI=1S/C9H19NOS/c1-7(2)9(11)12-6-5-10-8(3)4/h7-8,10H,5-6H2,1-4H3. The van der Waals surface area contributed by atoms with Crippen LogP contribution < -0.4 is 5.32 Å². The van der Waals surface area contributed by atoms with Gasteiger partial charge in [0.05, 0.1) is 0 Å². The predicted molar refractivity (Wildman–Crippen MR) is 55.4 cm³/mol. The molecule has 0 aliphatic carbocycles. The van der Waals surface area contributed by atoms with Crippen molar-refractivity contribution in [3.8, 4) is 0 Å². The summed E-state index contributed by atoms with van der Waals surface area (Å²) in [4.78, 5) is 11.1. The highest BCUT2D eigenvalue weighted by atomic mass is 32.2. The van der Waals surface area contributed by atoms with Crippen LogP contribution in [-0.2, 0) is 4.79 Å². The van der Waals surface area contributed by atoms with Gasteiger partial charge < -0.3 is 5.32 Å². The summed E-state index contributed by atoms with van der Waals surface area (Å²) in [5.41, 5.74) is 0. The van der Waals surface area contributed by atoms with E-state index < -0.39 is 0 Å². The lowest BCUT2D eigenvalue weighted by molar-refractivity contribution is -0.113. The van der Waals surface area contributed by atoms with Crippen LogP contribution in [0, 0.1) is 5.92 Å². The highest BCUT2D eigenvalue weighted by Gasteiger charge is 2.06. The van der Waals surface area contributed by atoms with Crippen molar-refractivity contribution >= 4 is 16.9 Å². The molecule has 0 aromatic rings. The molecule has 0 saturated carbocycles. The van der Waals surface area contributed by atoms with Crippen molar-refractivity contribution in [2.75, 3.05) is 12.3 Å². The topological polar surface area (TPSA) is 29.1 Å². The molecule has 1 N–H and O–H groups in total. The predicted octanol–water partition coefficient (Wildman–Crippen LogP) is 1.90. The van der Waals surface area contributed by atoms with Gasteiger partial charge in [-0.2, -0.15) is 0 Å². The lowest BCUT2D eigenvalue weighted by Gasteiger charge is -2.07. The summed E-state index contributed by atoms with van der Waals surface area (Å²) in [6, 6.07) is 0.514. The van der Waals surface area contributed by atoms with E-state index >= 15 is 0 Å². The molecule has 0 heterocycles. The second-order valence-corrected chi connectivity index (χ2v) is 4.53. The molecule has 0 atom stereocenters. The first-order valence-corrected chi connectivity index (χ1v) is 5.42. The molecule has 0 fully saturated rings. The van der Waals surface area contributed by atoms with Crippen LogP contribution in [0.3, 0.4) is 0 Å². The number of carbonyl (C=O) groups is 1. The molecule has 0 bridgehead atoms. The Labute approximate surface area is 79.5 Å². The second-order valence-electron chi connectivity index (χ2n) is 3.43. The van der Waals surface area contributed by atoms with E-state index in [9.17, 15) is 4.79 Å². The second kappa shape index (κ2) is 6.49. The lowest BCUT2D eigenvalue weighted by atomic mass is 10.3. The van der Waals surface area contributed by atoms with E-state index in [2.05, 4.69) is 19.2 Å². The van der Waals surface area contributed by atoms with Crippen molar-refractivity contribution < 1.29 is 4.79 Å². The minimum absolute atomic E-state index is 0.161. The van der Waals surface area contributed by atoms with Gasteiger partial charge in [0.1, 0.15) is 0 Å². The van der Waals surface area contributed by atoms with Crippen LogP contribution in [0.5, 0.6) is 0 Å². The van der Waals surface area contributed by atoms with Gasteiger partial charge >= 0.3 is 0 Å². The van der Waals surface area contributed by atoms with Gasteiger partial charge in [0.15, 0.2) is 5.12 Å². The van der Waals surface area contributed by atoms with Crippen LogP contribution >= 0.6 is 11.8 Å². The fraction of sp³-hybridized carbons (Fsp3) is 0.889. The van der Waals surface area contributed by atoms with Crippen molar-refractivity contribution in [3.63, 3.8) is 0 Å². The van der Waals surface area contributed by atoms with E-state index in [0.29, 0.717) is 11.2 Å². The molecule has 0 amide bonds. The van der Waals surface area contributed by atoms with E-state index in [0.717, 1.165) is 12.3 Å². The van der Waals surface area contributed by atoms with E-state index in [1.54, 1.807) is 0 Å². The normalized spacial score (nSPS) is 11.2. The van der Waals surface area contributed by atoms with Gasteiger partial charge in [-0.05, 0) is 0 Å². The molecule has 0 rings (SSSR count). The van der Waals surface area contributed by atoms with E-state index in [4.69, 9.17) is 0 Å². The van der Waals surface area contributed by atoms with Gasteiger partial charge in [-0.25, -0.2) is 0 Å². The molecule has 3 heteroatoms. The molecule has 2 nitrogen and oxygen atoms in total. The zero-order chi connectivity index (χ0) is 9.56. The van der Waals surface area contributed by atoms with Crippen LogP contribution in [0.4, 0.5) is 0 Å². The summed E-state index contributed by atoms with van der Waals surface area (Å²) in [5.74, 6) is 1.05. The van der Waals surface area contributed by atoms with Crippen LogP contribution in [0.1, 0.15) is 27.7 Å². The summed E-state index contributed by atoms with van der Waals surface area (Å²) in [6.07, 6.45) is 0.